The summed E-state index contributed by atoms with van der Waals surface area (Å²) in [4.78, 5) is 0. The molecule has 0 fully saturated rings. The molecule has 0 heterocycles. The van der Waals surface area contributed by atoms with E-state index in [-0.39, 0.29) is 4.47 Å². The highest BCUT2D eigenvalue weighted by atomic mass is 79.9. The number of aliphatic hydroxyl groups is 1. The van der Waals surface area contributed by atoms with Gasteiger partial charge in [-0.25, -0.2) is 4.39 Å². The van der Waals surface area contributed by atoms with E-state index in [2.05, 4.69) is 15.9 Å². The van der Waals surface area contributed by atoms with Crippen LogP contribution in [0.4, 0.5) is 4.39 Å². The average Bonchev–Trinajstić information content (AvgIpc) is 2.49. The quantitative estimate of drug-likeness (QED) is 0.901. The van der Waals surface area contributed by atoms with E-state index >= 15 is 0 Å². The van der Waals surface area contributed by atoms with Crippen molar-refractivity contribution in [1.82, 2.24) is 0 Å². The number of aryl methyl sites for hydroxylation is 1. The van der Waals surface area contributed by atoms with Crippen molar-refractivity contribution in [1.29, 1.82) is 0 Å². The topological polar surface area (TPSA) is 38.7 Å². The van der Waals surface area contributed by atoms with Crippen LogP contribution >= 0.6 is 15.9 Å². The lowest BCUT2D eigenvalue weighted by Gasteiger charge is -2.17. The number of ether oxygens (including phenoxy) is 2. The molecular formula is C16H16BrFO3. The molecule has 5 heteroatoms. The number of benzene rings is 2. The van der Waals surface area contributed by atoms with Crippen LogP contribution in [0.25, 0.3) is 0 Å². The summed E-state index contributed by atoms with van der Waals surface area (Å²) < 4.78 is 24.2. The first-order chi connectivity index (χ1) is 9.97. The molecule has 1 unspecified atom stereocenters. The van der Waals surface area contributed by atoms with Crippen molar-refractivity contribution < 1.29 is 19.0 Å². The predicted octanol–water partition coefficient (Wildman–Crippen LogP) is 4.00. The molecule has 112 valence electrons. The first-order valence-corrected chi connectivity index (χ1v) is 7.12. The van der Waals surface area contributed by atoms with Crippen molar-refractivity contribution in [3.8, 4) is 11.5 Å². The summed E-state index contributed by atoms with van der Waals surface area (Å²) in [5, 5.41) is 10.6. The van der Waals surface area contributed by atoms with E-state index < -0.39 is 11.9 Å². The van der Waals surface area contributed by atoms with Gasteiger partial charge in [-0.1, -0.05) is 12.1 Å². The molecule has 0 saturated heterocycles. The van der Waals surface area contributed by atoms with Crippen LogP contribution in [0.1, 0.15) is 22.8 Å². The van der Waals surface area contributed by atoms with Gasteiger partial charge in [0.05, 0.1) is 18.7 Å². The first-order valence-electron chi connectivity index (χ1n) is 6.33. The van der Waals surface area contributed by atoms with Crippen molar-refractivity contribution in [2.75, 3.05) is 14.2 Å². The molecule has 2 rings (SSSR count). The van der Waals surface area contributed by atoms with Crippen LogP contribution in [0.3, 0.4) is 0 Å². The fraction of sp³-hybridized carbons (Fsp3) is 0.250. The summed E-state index contributed by atoms with van der Waals surface area (Å²) in [7, 11) is 3.02. The van der Waals surface area contributed by atoms with Gasteiger partial charge in [-0.3, -0.25) is 0 Å². The molecule has 2 aromatic carbocycles. The largest absolute Gasteiger partial charge is 0.496 e. The third-order valence-corrected chi connectivity index (χ3v) is 3.92. The molecule has 0 bridgehead atoms. The fourth-order valence-corrected chi connectivity index (χ4v) is 2.48. The maximum Gasteiger partial charge on any atom is 0.141 e. The number of hydrogen-bond acceptors (Lipinski definition) is 3. The molecule has 2 aromatic rings. The third kappa shape index (κ3) is 3.19. The summed E-state index contributed by atoms with van der Waals surface area (Å²) in [6, 6.07) is 8.19. The Balaban J connectivity index is 2.49. The van der Waals surface area contributed by atoms with E-state index in [1.54, 1.807) is 19.2 Å². The average molecular weight is 355 g/mol. The smallest absolute Gasteiger partial charge is 0.141 e. The van der Waals surface area contributed by atoms with Gasteiger partial charge < -0.3 is 14.6 Å². The Morgan fingerprint density at radius 2 is 1.76 bits per heavy atom. The van der Waals surface area contributed by atoms with E-state index in [1.807, 2.05) is 13.0 Å². The summed E-state index contributed by atoms with van der Waals surface area (Å²) in [6.45, 7) is 1.92. The van der Waals surface area contributed by atoms with Gasteiger partial charge in [-0.15, -0.1) is 0 Å². The normalized spacial score (nSPS) is 12.1. The number of rotatable bonds is 4. The lowest BCUT2D eigenvalue weighted by Crippen LogP contribution is -2.04. The monoisotopic (exact) mass is 354 g/mol. The molecule has 0 spiro atoms. The zero-order valence-corrected chi connectivity index (χ0v) is 13.6. The Kier molecular flexibility index (Phi) is 4.85. The molecule has 0 aromatic heterocycles. The summed E-state index contributed by atoms with van der Waals surface area (Å²) >= 11 is 3.12. The highest BCUT2D eigenvalue weighted by Crippen LogP contribution is 2.35. The van der Waals surface area contributed by atoms with Gasteiger partial charge in [0.2, 0.25) is 0 Å². The molecule has 0 aliphatic heterocycles. The second-order valence-electron chi connectivity index (χ2n) is 4.64. The Bertz CT molecular complexity index is 658. The number of methoxy groups -OCH3 is 2. The molecule has 3 nitrogen and oxygen atoms in total. The maximum atomic E-state index is 13.6. The molecule has 0 saturated carbocycles. The lowest BCUT2D eigenvalue weighted by molar-refractivity contribution is 0.214. The highest BCUT2D eigenvalue weighted by Gasteiger charge is 2.19. The molecular weight excluding hydrogens is 339 g/mol. The first kappa shape index (κ1) is 15.8. The molecule has 0 aliphatic carbocycles. The zero-order chi connectivity index (χ0) is 15.6. The summed E-state index contributed by atoms with van der Waals surface area (Å²) in [5.41, 5.74) is 2.10. The van der Waals surface area contributed by atoms with Crippen LogP contribution in [0.5, 0.6) is 11.5 Å². The minimum atomic E-state index is -0.939. The van der Waals surface area contributed by atoms with Gasteiger partial charge in [-0.2, -0.15) is 0 Å². The van der Waals surface area contributed by atoms with Crippen molar-refractivity contribution in [3.05, 3.63) is 57.3 Å². The van der Waals surface area contributed by atoms with Gasteiger partial charge in [0.15, 0.2) is 0 Å². The van der Waals surface area contributed by atoms with Gasteiger partial charge in [-0.05, 0) is 46.1 Å². The molecule has 1 N–H and O–H groups in total. The fourth-order valence-electron chi connectivity index (χ4n) is 2.12. The Morgan fingerprint density at radius 3 is 2.38 bits per heavy atom. The number of halogens is 2. The van der Waals surface area contributed by atoms with Gasteiger partial charge >= 0.3 is 0 Å². The second kappa shape index (κ2) is 6.45. The van der Waals surface area contributed by atoms with Gasteiger partial charge in [0.25, 0.3) is 0 Å². The molecule has 0 amide bonds. The third-order valence-electron chi connectivity index (χ3n) is 3.32. The zero-order valence-electron chi connectivity index (χ0n) is 12.0. The molecule has 0 aliphatic rings. The van der Waals surface area contributed by atoms with Crippen molar-refractivity contribution in [2.45, 2.75) is 13.0 Å². The molecule has 21 heavy (non-hydrogen) atoms. The lowest BCUT2D eigenvalue weighted by atomic mass is 9.99. The highest BCUT2D eigenvalue weighted by molar-refractivity contribution is 9.10. The number of hydrogen-bond donors (Lipinski definition) is 1. The predicted molar refractivity (Wildman–Crippen MR) is 82.4 cm³/mol. The minimum Gasteiger partial charge on any atom is -0.496 e. The van der Waals surface area contributed by atoms with E-state index in [0.717, 1.165) is 5.56 Å². The van der Waals surface area contributed by atoms with Crippen LogP contribution < -0.4 is 9.47 Å². The Morgan fingerprint density at radius 1 is 1.10 bits per heavy atom. The van der Waals surface area contributed by atoms with Gasteiger partial charge in [0.1, 0.15) is 23.4 Å². The standard InChI is InChI=1S/C16H16BrFO3/c1-9-4-5-10(6-14(9)20-2)16(19)11-7-12(17)13(18)8-15(11)21-3/h4-8,16,19H,1-3H3. The summed E-state index contributed by atoms with van der Waals surface area (Å²) in [5.74, 6) is 0.540. The Labute approximate surface area is 131 Å². The van der Waals surface area contributed by atoms with Crippen LogP contribution in [0.2, 0.25) is 0 Å². The van der Waals surface area contributed by atoms with Crippen molar-refractivity contribution in [3.63, 3.8) is 0 Å². The minimum absolute atomic E-state index is 0.274. The van der Waals surface area contributed by atoms with E-state index in [4.69, 9.17) is 9.47 Å². The van der Waals surface area contributed by atoms with E-state index in [1.165, 1.54) is 19.2 Å². The van der Waals surface area contributed by atoms with E-state index in [9.17, 15) is 9.50 Å². The summed E-state index contributed by atoms with van der Waals surface area (Å²) in [6.07, 6.45) is -0.939. The van der Waals surface area contributed by atoms with E-state index in [0.29, 0.717) is 22.6 Å². The Hall–Kier alpha value is -1.59. The molecule has 1 atom stereocenters. The van der Waals surface area contributed by atoms with Gasteiger partial charge in [0, 0.05) is 11.6 Å². The second-order valence-corrected chi connectivity index (χ2v) is 5.49. The van der Waals surface area contributed by atoms with Crippen LogP contribution in [-0.4, -0.2) is 19.3 Å². The number of aliphatic hydroxyl groups excluding tert-OH is 1. The van der Waals surface area contributed by atoms with Crippen LogP contribution in [0.15, 0.2) is 34.8 Å². The van der Waals surface area contributed by atoms with Crippen molar-refractivity contribution >= 4 is 15.9 Å². The SMILES string of the molecule is COc1cc(C(O)c2cc(Br)c(F)cc2OC)ccc1C. The van der Waals surface area contributed by atoms with Crippen LogP contribution in [-0.2, 0) is 0 Å². The van der Waals surface area contributed by atoms with Crippen LogP contribution in [0, 0.1) is 12.7 Å². The van der Waals surface area contributed by atoms with Crippen molar-refractivity contribution in [2.24, 2.45) is 0 Å². The molecule has 0 radical (unpaired) electrons. The maximum absolute atomic E-state index is 13.6.